The Hall–Kier alpha value is -1.67. The van der Waals surface area contributed by atoms with Crippen molar-refractivity contribution in [2.24, 2.45) is 0 Å². The molecule has 0 fully saturated rings. The van der Waals surface area contributed by atoms with E-state index in [0.29, 0.717) is 10.6 Å². The van der Waals surface area contributed by atoms with E-state index in [4.69, 9.17) is 11.6 Å². The first kappa shape index (κ1) is 10.8. The van der Waals surface area contributed by atoms with Crippen LogP contribution in [0.2, 0.25) is 5.02 Å². The Kier molecular flexibility index (Phi) is 3.02. The van der Waals surface area contributed by atoms with Gasteiger partial charge in [0.05, 0.1) is 5.02 Å². The van der Waals surface area contributed by atoms with E-state index < -0.39 is 0 Å². The van der Waals surface area contributed by atoms with Crippen LogP contribution in [0.25, 0.3) is 11.1 Å². The first-order chi connectivity index (χ1) is 7.72. The molecule has 0 atom stereocenters. The number of halogens is 1. The minimum Gasteiger partial charge on any atom is -0.298 e. The smallest absolute Gasteiger partial charge is 0.151 e. The topological polar surface area (TPSA) is 30.0 Å². The summed E-state index contributed by atoms with van der Waals surface area (Å²) in [5, 5.41) is 0.468. The van der Waals surface area contributed by atoms with Gasteiger partial charge in [-0.2, -0.15) is 0 Å². The number of carbonyl (C=O) groups excluding carboxylic acids is 1. The molecule has 16 heavy (non-hydrogen) atoms. The van der Waals surface area contributed by atoms with Crippen LogP contribution in [0, 0.1) is 6.92 Å². The first-order valence-electron chi connectivity index (χ1n) is 4.88. The highest BCUT2D eigenvalue weighted by molar-refractivity contribution is 6.33. The summed E-state index contributed by atoms with van der Waals surface area (Å²) in [5.41, 5.74) is 3.64. The summed E-state index contributed by atoms with van der Waals surface area (Å²) in [5.74, 6) is 0. The van der Waals surface area contributed by atoms with Crippen molar-refractivity contribution in [1.82, 2.24) is 4.98 Å². The zero-order valence-corrected chi connectivity index (χ0v) is 9.53. The zero-order valence-electron chi connectivity index (χ0n) is 8.77. The van der Waals surface area contributed by atoms with Crippen molar-refractivity contribution in [3.05, 3.63) is 52.8 Å². The largest absolute Gasteiger partial charge is 0.298 e. The van der Waals surface area contributed by atoms with Crippen molar-refractivity contribution < 1.29 is 4.79 Å². The number of hydrogen-bond donors (Lipinski definition) is 0. The summed E-state index contributed by atoms with van der Waals surface area (Å²) < 4.78 is 0. The average molecular weight is 232 g/mol. The van der Waals surface area contributed by atoms with Crippen molar-refractivity contribution in [2.45, 2.75) is 6.92 Å². The highest BCUT2D eigenvalue weighted by atomic mass is 35.5. The van der Waals surface area contributed by atoms with Crippen molar-refractivity contribution >= 4 is 17.9 Å². The van der Waals surface area contributed by atoms with Crippen LogP contribution in [0.1, 0.15) is 15.9 Å². The Labute approximate surface area is 98.9 Å². The molecule has 0 radical (unpaired) electrons. The number of aromatic nitrogens is 1. The lowest BCUT2D eigenvalue weighted by Gasteiger charge is -2.06. The van der Waals surface area contributed by atoms with Gasteiger partial charge in [0.25, 0.3) is 0 Å². The molecule has 80 valence electrons. The van der Waals surface area contributed by atoms with Gasteiger partial charge in [-0.15, -0.1) is 0 Å². The maximum Gasteiger partial charge on any atom is 0.151 e. The second kappa shape index (κ2) is 4.45. The molecule has 0 saturated carbocycles. The molecule has 0 bridgehead atoms. The zero-order chi connectivity index (χ0) is 11.5. The van der Waals surface area contributed by atoms with Crippen LogP contribution in [-0.4, -0.2) is 11.3 Å². The van der Waals surface area contributed by atoms with Crippen molar-refractivity contribution in [3.8, 4) is 11.1 Å². The predicted molar refractivity (Wildman–Crippen MR) is 64.8 cm³/mol. The molecule has 0 unspecified atom stereocenters. The third-order valence-corrected chi connectivity index (χ3v) is 2.80. The number of benzene rings is 1. The fraction of sp³-hybridized carbons (Fsp3) is 0.0769. The lowest BCUT2D eigenvalue weighted by molar-refractivity contribution is 0.112. The normalized spacial score (nSPS) is 10.1. The van der Waals surface area contributed by atoms with E-state index in [-0.39, 0.29) is 0 Å². The molecule has 1 aromatic carbocycles. The fourth-order valence-electron chi connectivity index (χ4n) is 1.56. The van der Waals surface area contributed by atoms with Crippen LogP contribution in [0.4, 0.5) is 0 Å². The van der Waals surface area contributed by atoms with Gasteiger partial charge in [0.15, 0.2) is 6.29 Å². The average Bonchev–Trinajstić information content (AvgIpc) is 2.29. The van der Waals surface area contributed by atoms with Gasteiger partial charge in [0.1, 0.15) is 0 Å². The van der Waals surface area contributed by atoms with Crippen LogP contribution in [0.15, 0.2) is 36.7 Å². The van der Waals surface area contributed by atoms with Crippen LogP contribution in [0.5, 0.6) is 0 Å². The lowest BCUT2D eigenvalue weighted by Crippen LogP contribution is -1.87. The Morgan fingerprint density at radius 1 is 1.31 bits per heavy atom. The summed E-state index contributed by atoms with van der Waals surface area (Å²) in [6, 6.07) is 7.32. The van der Waals surface area contributed by atoms with E-state index in [2.05, 4.69) is 4.98 Å². The fourth-order valence-corrected chi connectivity index (χ4v) is 1.78. The number of rotatable bonds is 2. The van der Waals surface area contributed by atoms with Gasteiger partial charge < -0.3 is 0 Å². The third kappa shape index (κ3) is 1.97. The van der Waals surface area contributed by atoms with Crippen molar-refractivity contribution in [1.29, 1.82) is 0 Å². The Balaban J connectivity index is 2.54. The molecule has 0 amide bonds. The second-order valence-electron chi connectivity index (χ2n) is 3.54. The molecule has 0 aliphatic rings. The first-order valence-corrected chi connectivity index (χ1v) is 5.26. The summed E-state index contributed by atoms with van der Waals surface area (Å²) in [7, 11) is 0. The Morgan fingerprint density at radius 2 is 2.12 bits per heavy atom. The SMILES string of the molecule is Cc1ccncc1-c1ccc(C=O)c(Cl)c1. The Bertz CT molecular complexity index is 537. The quantitative estimate of drug-likeness (QED) is 0.741. The van der Waals surface area contributed by atoms with Crippen LogP contribution < -0.4 is 0 Å². The van der Waals surface area contributed by atoms with Crippen molar-refractivity contribution in [2.75, 3.05) is 0 Å². The predicted octanol–water partition coefficient (Wildman–Crippen LogP) is 3.52. The molecule has 0 saturated heterocycles. The van der Waals surface area contributed by atoms with E-state index in [1.807, 2.05) is 19.1 Å². The van der Waals surface area contributed by atoms with Crippen LogP contribution in [-0.2, 0) is 0 Å². The highest BCUT2D eigenvalue weighted by Gasteiger charge is 2.05. The lowest BCUT2D eigenvalue weighted by atomic mass is 10.0. The summed E-state index contributed by atoms with van der Waals surface area (Å²) in [6.45, 7) is 2.01. The summed E-state index contributed by atoms with van der Waals surface area (Å²) >= 11 is 5.98. The molecule has 1 aromatic heterocycles. The minimum atomic E-state index is 0.468. The monoisotopic (exact) mass is 231 g/mol. The van der Waals surface area contributed by atoms with E-state index in [1.165, 1.54) is 0 Å². The molecule has 0 aliphatic heterocycles. The van der Waals surface area contributed by atoms with E-state index in [0.717, 1.165) is 23.0 Å². The number of aldehydes is 1. The van der Waals surface area contributed by atoms with Gasteiger partial charge in [-0.25, -0.2) is 0 Å². The van der Waals surface area contributed by atoms with E-state index in [1.54, 1.807) is 24.5 Å². The maximum atomic E-state index is 10.6. The van der Waals surface area contributed by atoms with Gasteiger partial charge in [0, 0.05) is 23.5 Å². The standard InChI is InChI=1S/C13H10ClNO/c1-9-4-5-15-7-12(9)10-2-3-11(8-16)13(14)6-10/h2-8H,1H3. The number of carbonyl (C=O) groups is 1. The van der Waals surface area contributed by atoms with E-state index >= 15 is 0 Å². The van der Waals surface area contributed by atoms with Gasteiger partial charge in [0.2, 0.25) is 0 Å². The maximum absolute atomic E-state index is 10.6. The number of pyridine rings is 1. The number of hydrogen-bond acceptors (Lipinski definition) is 2. The molecule has 2 aromatic rings. The van der Waals surface area contributed by atoms with Gasteiger partial charge in [-0.1, -0.05) is 17.7 Å². The molecular weight excluding hydrogens is 222 g/mol. The number of nitrogens with zero attached hydrogens (tertiary/aromatic N) is 1. The van der Waals surface area contributed by atoms with Gasteiger partial charge in [-0.3, -0.25) is 9.78 Å². The molecule has 0 aliphatic carbocycles. The molecule has 0 N–H and O–H groups in total. The van der Waals surface area contributed by atoms with Crippen LogP contribution >= 0.6 is 11.6 Å². The molecule has 1 heterocycles. The van der Waals surface area contributed by atoms with Crippen LogP contribution in [0.3, 0.4) is 0 Å². The molecule has 2 rings (SSSR count). The van der Waals surface area contributed by atoms with E-state index in [9.17, 15) is 4.79 Å². The minimum absolute atomic E-state index is 0.468. The van der Waals surface area contributed by atoms with Gasteiger partial charge >= 0.3 is 0 Å². The molecule has 3 heteroatoms. The van der Waals surface area contributed by atoms with Gasteiger partial charge in [-0.05, 0) is 36.2 Å². The highest BCUT2D eigenvalue weighted by Crippen LogP contribution is 2.26. The Morgan fingerprint density at radius 3 is 2.75 bits per heavy atom. The molecule has 2 nitrogen and oxygen atoms in total. The third-order valence-electron chi connectivity index (χ3n) is 2.48. The number of aryl methyl sites for hydroxylation is 1. The second-order valence-corrected chi connectivity index (χ2v) is 3.95. The van der Waals surface area contributed by atoms with Crippen molar-refractivity contribution in [3.63, 3.8) is 0 Å². The summed E-state index contributed by atoms with van der Waals surface area (Å²) in [6.07, 6.45) is 4.30. The summed E-state index contributed by atoms with van der Waals surface area (Å²) in [4.78, 5) is 14.7. The molecule has 0 spiro atoms. The molecular formula is C13H10ClNO.